The third kappa shape index (κ3) is 3.91. The summed E-state index contributed by atoms with van der Waals surface area (Å²) in [5.41, 5.74) is 1.00. The lowest BCUT2D eigenvalue weighted by Gasteiger charge is -2.07. The monoisotopic (exact) mass is 274 g/mol. The molecule has 2 aromatic rings. The van der Waals surface area contributed by atoms with Crippen molar-refractivity contribution in [2.24, 2.45) is 0 Å². The van der Waals surface area contributed by atoms with Crippen LogP contribution in [0.5, 0.6) is 5.75 Å². The molecule has 0 bridgehead atoms. The summed E-state index contributed by atoms with van der Waals surface area (Å²) in [4.78, 5) is 17.6. The van der Waals surface area contributed by atoms with E-state index in [9.17, 15) is 10.1 Å². The van der Waals surface area contributed by atoms with Gasteiger partial charge in [0.25, 0.3) is 0 Å². The summed E-state index contributed by atoms with van der Waals surface area (Å²) in [6.45, 7) is 2.95. The Kier molecular flexibility index (Phi) is 4.43. The van der Waals surface area contributed by atoms with Gasteiger partial charge in [0.15, 0.2) is 0 Å². The number of benzene rings is 1. The first-order valence-electron chi connectivity index (χ1n) is 6.05. The van der Waals surface area contributed by atoms with Crippen LogP contribution >= 0.6 is 0 Å². The van der Waals surface area contributed by atoms with Crippen LogP contribution in [0.25, 0.3) is 0 Å². The van der Waals surface area contributed by atoms with E-state index in [-0.39, 0.29) is 5.69 Å². The van der Waals surface area contributed by atoms with Crippen molar-refractivity contribution in [2.75, 3.05) is 18.5 Å². The van der Waals surface area contributed by atoms with Crippen molar-refractivity contribution in [3.05, 3.63) is 52.3 Å². The van der Waals surface area contributed by atoms with Crippen molar-refractivity contribution in [2.45, 2.75) is 6.92 Å². The summed E-state index contributed by atoms with van der Waals surface area (Å²) in [5, 5.41) is 13.4. The number of nitrogens with one attached hydrogen (secondary N) is 1. The fourth-order valence-electron chi connectivity index (χ4n) is 1.54. The highest BCUT2D eigenvalue weighted by Crippen LogP contribution is 2.12. The zero-order valence-electron chi connectivity index (χ0n) is 10.9. The highest BCUT2D eigenvalue weighted by molar-refractivity contribution is 5.31. The Balaban J connectivity index is 1.77. The van der Waals surface area contributed by atoms with Gasteiger partial charge in [-0.1, -0.05) is 12.1 Å². The topological polar surface area (TPSA) is 90.2 Å². The molecule has 0 radical (unpaired) electrons. The molecule has 0 saturated heterocycles. The number of anilines is 1. The van der Waals surface area contributed by atoms with Crippen LogP contribution in [-0.4, -0.2) is 28.0 Å². The second-order valence-electron chi connectivity index (χ2n) is 4.11. The van der Waals surface area contributed by atoms with Gasteiger partial charge >= 0.3 is 5.69 Å². The number of hydrogen-bond donors (Lipinski definition) is 1. The molecule has 1 N–H and O–H groups in total. The van der Waals surface area contributed by atoms with E-state index in [4.69, 9.17) is 4.74 Å². The summed E-state index contributed by atoms with van der Waals surface area (Å²) in [5.74, 6) is 1.14. The Bertz CT molecular complexity index is 586. The number of nitro groups is 1. The summed E-state index contributed by atoms with van der Waals surface area (Å²) < 4.78 is 5.54. The summed E-state index contributed by atoms with van der Waals surface area (Å²) in [7, 11) is 0. The number of aryl methyl sites for hydroxylation is 1. The van der Waals surface area contributed by atoms with Crippen molar-refractivity contribution < 1.29 is 9.66 Å². The van der Waals surface area contributed by atoms with E-state index in [1.54, 1.807) is 0 Å². The normalized spacial score (nSPS) is 10.1. The maximum Gasteiger partial charge on any atom is 0.305 e. The zero-order chi connectivity index (χ0) is 14.4. The third-order valence-corrected chi connectivity index (χ3v) is 2.49. The van der Waals surface area contributed by atoms with Crippen molar-refractivity contribution in [1.29, 1.82) is 0 Å². The van der Waals surface area contributed by atoms with Crippen LogP contribution in [0.2, 0.25) is 0 Å². The Hall–Kier alpha value is -2.70. The molecule has 1 aromatic carbocycles. The molecule has 0 saturated carbocycles. The quantitative estimate of drug-likeness (QED) is 0.493. The van der Waals surface area contributed by atoms with Gasteiger partial charge in [-0.05, 0) is 24.6 Å². The van der Waals surface area contributed by atoms with E-state index >= 15 is 0 Å². The summed E-state index contributed by atoms with van der Waals surface area (Å²) in [6, 6.07) is 7.76. The first-order valence-corrected chi connectivity index (χ1v) is 6.05. The van der Waals surface area contributed by atoms with Crippen LogP contribution in [0.4, 0.5) is 11.6 Å². The molecule has 0 aliphatic carbocycles. The highest BCUT2D eigenvalue weighted by atomic mass is 16.6. The lowest BCUT2D eigenvalue weighted by atomic mass is 10.2. The molecule has 1 aromatic heterocycles. The van der Waals surface area contributed by atoms with Crippen LogP contribution in [-0.2, 0) is 0 Å². The van der Waals surface area contributed by atoms with Gasteiger partial charge in [-0.2, -0.15) is 0 Å². The fourth-order valence-corrected chi connectivity index (χ4v) is 1.54. The van der Waals surface area contributed by atoms with Gasteiger partial charge in [-0.3, -0.25) is 10.1 Å². The van der Waals surface area contributed by atoms with Gasteiger partial charge in [-0.15, -0.1) is 0 Å². The van der Waals surface area contributed by atoms with Gasteiger partial charge < -0.3 is 10.1 Å². The summed E-state index contributed by atoms with van der Waals surface area (Å²) in [6.07, 6.45) is 2.33. The molecule has 0 aliphatic heterocycles. The van der Waals surface area contributed by atoms with E-state index in [0.29, 0.717) is 19.1 Å². The Morgan fingerprint density at radius 1 is 1.35 bits per heavy atom. The number of nitrogens with zero attached hydrogens (tertiary/aromatic N) is 3. The van der Waals surface area contributed by atoms with E-state index in [1.807, 2.05) is 31.2 Å². The first-order chi connectivity index (χ1) is 9.65. The third-order valence-electron chi connectivity index (χ3n) is 2.49. The average Bonchev–Trinajstić information content (AvgIpc) is 2.44. The Labute approximate surface area is 115 Å². The largest absolute Gasteiger partial charge is 0.492 e. The molecule has 7 nitrogen and oxygen atoms in total. The predicted molar refractivity (Wildman–Crippen MR) is 73.9 cm³/mol. The number of hydrogen-bond acceptors (Lipinski definition) is 6. The SMILES string of the molecule is Cc1cccc(OCCNc2ncc([N+](=O)[O-])cn2)c1. The minimum atomic E-state index is -0.537. The van der Waals surface area contributed by atoms with Gasteiger partial charge in [0.1, 0.15) is 24.8 Å². The maximum atomic E-state index is 10.4. The molecular formula is C13H14N4O3. The lowest BCUT2D eigenvalue weighted by Crippen LogP contribution is -2.13. The Morgan fingerprint density at radius 2 is 2.10 bits per heavy atom. The fraction of sp³-hybridized carbons (Fsp3) is 0.231. The zero-order valence-corrected chi connectivity index (χ0v) is 10.9. The molecular weight excluding hydrogens is 260 g/mol. The van der Waals surface area contributed by atoms with E-state index < -0.39 is 4.92 Å². The number of ether oxygens (including phenoxy) is 1. The molecule has 104 valence electrons. The molecule has 2 rings (SSSR count). The van der Waals surface area contributed by atoms with Crippen molar-refractivity contribution in [3.63, 3.8) is 0 Å². The second kappa shape index (κ2) is 6.46. The minimum absolute atomic E-state index is 0.133. The average molecular weight is 274 g/mol. The van der Waals surface area contributed by atoms with Crippen LogP contribution in [0.3, 0.4) is 0 Å². The molecule has 0 amide bonds. The molecule has 1 heterocycles. The number of rotatable bonds is 6. The smallest absolute Gasteiger partial charge is 0.305 e. The highest BCUT2D eigenvalue weighted by Gasteiger charge is 2.05. The van der Waals surface area contributed by atoms with Crippen molar-refractivity contribution >= 4 is 11.6 Å². The van der Waals surface area contributed by atoms with Gasteiger partial charge in [0.05, 0.1) is 11.5 Å². The van der Waals surface area contributed by atoms with E-state index in [0.717, 1.165) is 23.7 Å². The number of aromatic nitrogens is 2. The molecule has 0 unspecified atom stereocenters. The molecule has 0 fully saturated rings. The Morgan fingerprint density at radius 3 is 2.75 bits per heavy atom. The minimum Gasteiger partial charge on any atom is -0.492 e. The maximum absolute atomic E-state index is 10.4. The molecule has 0 aliphatic rings. The summed E-state index contributed by atoms with van der Waals surface area (Å²) >= 11 is 0. The van der Waals surface area contributed by atoms with Crippen LogP contribution in [0.15, 0.2) is 36.7 Å². The molecule has 7 heteroatoms. The molecule has 0 spiro atoms. The van der Waals surface area contributed by atoms with Crippen molar-refractivity contribution in [1.82, 2.24) is 9.97 Å². The van der Waals surface area contributed by atoms with Crippen molar-refractivity contribution in [3.8, 4) is 5.75 Å². The van der Waals surface area contributed by atoms with Gasteiger partial charge in [-0.25, -0.2) is 9.97 Å². The van der Waals surface area contributed by atoms with Crippen LogP contribution in [0, 0.1) is 17.0 Å². The van der Waals surface area contributed by atoms with Gasteiger partial charge in [0.2, 0.25) is 5.95 Å². The first kappa shape index (κ1) is 13.7. The van der Waals surface area contributed by atoms with Crippen LogP contribution < -0.4 is 10.1 Å². The van der Waals surface area contributed by atoms with Gasteiger partial charge in [0, 0.05) is 0 Å². The molecule has 20 heavy (non-hydrogen) atoms. The standard InChI is InChI=1S/C13H14N4O3/c1-10-3-2-4-12(7-10)20-6-5-14-13-15-8-11(9-16-13)17(18)19/h2-4,7-9H,5-6H2,1H3,(H,14,15,16). The van der Waals surface area contributed by atoms with E-state index in [2.05, 4.69) is 15.3 Å². The predicted octanol–water partition coefficient (Wildman–Crippen LogP) is 2.18. The lowest BCUT2D eigenvalue weighted by molar-refractivity contribution is -0.385. The molecule has 0 atom stereocenters. The second-order valence-corrected chi connectivity index (χ2v) is 4.11. The van der Waals surface area contributed by atoms with E-state index in [1.165, 1.54) is 0 Å². The van der Waals surface area contributed by atoms with Crippen LogP contribution in [0.1, 0.15) is 5.56 Å².